The van der Waals surface area contributed by atoms with Crippen LogP contribution in [-0.2, 0) is 19.4 Å². The molecule has 0 bridgehead atoms. The van der Waals surface area contributed by atoms with Crippen LogP contribution in [0.25, 0.3) is 0 Å². The van der Waals surface area contributed by atoms with Crippen LogP contribution in [0.3, 0.4) is 0 Å². The van der Waals surface area contributed by atoms with Gasteiger partial charge in [0.2, 0.25) is 0 Å². The zero-order valence-electron chi connectivity index (χ0n) is 21.0. The van der Waals surface area contributed by atoms with Crippen LogP contribution in [0.15, 0.2) is 46.0 Å². The lowest BCUT2D eigenvalue weighted by molar-refractivity contribution is 0.0947. The van der Waals surface area contributed by atoms with Crippen LogP contribution in [0.4, 0.5) is 5.00 Å². The number of thiophene rings is 1. The average Bonchev–Trinajstić information content (AvgIpc) is 3.43. The fraction of sp³-hybridized carbons (Fsp3) is 0.429. The van der Waals surface area contributed by atoms with Gasteiger partial charge in [0.05, 0.1) is 24.5 Å². The van der Waals surface area contributed by atoms with E-state index in [0.717, 1.165) is 41.2 Å². The van der Waals surface area contributed by atoms with E-state index >= 15 is 0 Å². The van der Waals surface area contributed by atoms with Crippen molar-refractivity contribution in [3.63, 3.8) is 0 Å². The second-order valence-corrected chi connectivity index (χ2v) is 11.9. The molecule has 0 saturated heterocycles. The van der Waals surface area contributed by atoms with Gasteiger partial charge in [0.1, 0.15) is 16.5 Å². The molecule has 2 aromatic heterocycles. The highest BCUT2D eigenvalue weighted by Gasteiger charge is 2.33. The molecule has 0 unspecified atom stereocenters. The second kappa shape index (κ2) is 10.6. The summed E-state index contributed by atoms with van der Waals surface area (Å²) in [4.78, 5) is 19.5. The number of ether oxygens (including phenoxy) is 1. The standard InChI is InChI=1S/C28H33ClN2O3S/c1-17(2)34-23-11-9-20(29)13-18(23)15-31-27-25(26(32)30-16-21-7-6-12-33-21)22-10-8-19(28(3,4)5)14-24(22)35-27/h6-7,9,11-13,15,17,19H,8,10,14,16H2,1-5H3,(H,30,32)/t19-/m0/s1. The quantitative estimate of drug-likeness (QED) is 0.331. The zero-order valence-corrected chi connectivity index (χ0v) is 22.6. The summed E-state index contributed by atoms with van der Waals surface area (Å²) < 4.78 is 11.3. The average molecular weight is 513 g/mol. The Labute approximate surface area is 216 Å². The third kappa shape index (κ3) is 6.17. The van der Waals surface area contributed by atoms with E-state index in [1.54, 1.807) is 29.9 Å². The minimum absolute atomic E-state index is 0.0228. The lowest BCUT2D eigenvalue weighted by Crippen LogP contribution is -2.28. The van der Waals surface area contributed by atoms with E-state index < -0.39 is 0 Å². The van der Waals surface area contributed by atoms with Gasteiger partial charge in [-0.2, -0.15) is 0 Å². The minimum Gasteiger partial charge on any atom is -0.490 e. The molecule has 1 N–H and O–H groups in total. The van der Waals surface area contributed by atoms with Crippen LogP contribution in [0, 0.1) is 11.3 Å². The molecule has 2 heterocycles. The third-order valence-corrected chi connectivity index (χ3v) is 7.75. The normalized spacial score (nSPS) is 16.0. The molecule has 0 fully saturated rings. The zero-order chi connectivity index (χ0) is 25.2. The Kier molecular flexibility index (Phi) is 7.72. The first-order valence-corrected chi connectivity index (χ1v) is 13.3. The van der Waals surface area contributed by atoms with Gasteiger partial charge in [0, 0.05) is 21.7 Å². The number of hydrogen-bond acceptors (Lipinski definition) is 5. The maximum Gasteiger partial charge on any atom is 0.255 e. The molecule has 0 saturated carbocycles. The van der Waals surface area contributed by atoms with Crippen LogP contribution in [0.5, 0.6) is 5.75 Å². The van der Waals surface area contributed by atoms with Gasteiger partial charge in [0.15, 0.2) is 0 Å². The fourth-order valence-corrected chi connectivity index (χ4v) is 5.86. The summed E-state index contributed by atoms with van der Waals surface area (Å²) >= 11 is 7.88. The Bertz CT molecular complexity index is 1210. The van der Waals surface area contributed by atoms with Crippen molar-refractivity contribution in [2.75, 3.05) is 0 Å². The van der Waals surface area contributed by atoms with Crippen molar-refractivity contribution in [3.8, 4) is 5.75 Å². The molecule has 1 amide bonds. The van der Waals surface area contributed by atoms with E-state index in [1.165, 1.54) is 4.88 Å². The van der Waals surface area contributed by atoms with Gasteiger partial charge in [-0.3, -0.25) is 4.79 Å². The number of carbonyl (C=O) groups excluding carboxylic acids is 1. The van der Waals surface area contributed by atoms with Gasteiger partial charge >= 0.3 is 0 Å². The van der Waals surface area contributed by atoms with Gasteiger partial charge in [-0.15, -0.1) is 11.3 Å². The molecule has 0 aliphatic heterocycles. The number of nitrogens with one attached hydrogen (secondary N) is 1. The lowest BCUT2D eigenvalue weighted by Gasteiger charge is -2.33. The van der Waals surface area contributed by atoms with Crippen molar-refractivity contribution in [3.05, 3.63) is 68.9 Å². The Balaban J connectivity index is 1.69. The largest absolute Gasteiger partial charge is 0.490 e. The van der Waals surface area contributed by atoms with Gasteiger partial charge in [-0.05, 0) is 80.3 Å². The van der Waals surface area contributed by atoms with Crippen molar-refractivity contribution in [1.29, 1.82) is 0 Å². The topological polar surface area (TPSA) is 63.8 Å². The molecule has 1 aliphatic carbocycles. The summed E-state index contributed by atoms with van der Waals surface area (Å²) in [5, 5.41) is 4.35. The molecule has 4 rings (SSSR count). The Morgan fingerprint density at radius 1 is 1.34 bits per heavy atom. The smallest absolute Gasteiger partial charge is 0.255 e. The predicted octanol–water partition coefficient (Wildman–Crippen LogP) is 7.61. The maximum atomic E-state index is 13.4. The first kappa shape index (κ1) is 25.5. The first-order valence-electron chi connectivity index (χ1n) is 12.1. The monoisotopic (exact) mass is 512 g/mol. The summed E-state index contributed by atoms with van der Waals surface area (Å²) in [6.45, 7) is 11.2. The number of aliphatic imine (C=N–C) groups is 1. The molecule has 1 aliphatic rings. The number of benzene rings is 1. The number of carbonyl (C=O) groups is 1. The Hall–Kier alpha value is -2.57. The minimum atomic E-state index is -0.120. The van der Waals surface area contributed by atoms with Crippen LogP contribution in [0.2, 0.25) is 5.02 Å². The predicted molar refractivity (Wildman–Crippen MR) is 144 cm³/mol. The SMILES string of the molecule is CC(C)Oc1ccc(Cl)cc1C=Nc1sc2c(c1C(=O)NCc1ccco1)CC[C@H](C(C)(C)C)C2. The number of nitrogens with zero attached hydrogens (tertiary/aromatic N) is 1. The molecule has 1 atom stereocenters. The molecule has 35 heavy (non-hydrogen) atoms. The lowest BCUT2D eigenvalue weighted by atomic mass is 9.72. The highest BCUT2D eigenvalue weighted by Crippen LogP contribution is 2.45. The van der Waals surface area contributed by atoms with E-state index in [-0.39, 0.29) is 17.4 Å². The number of rotatable bonds is 7. The number of fused-ring (bicyclic) bond motifs is 1. The van der Waals surface area contributed by atoms with Crippen LogP contribution >= 0.6 is 22.9 Å². The van der Waals surface area contributed by atoms with Crippen LogP contribution < -0.4 is 10.1 Å². The van der Waals surface area contributed by atoms with Crippen molar-refractivity contribution < 1.29 is 13.9 Å². The van der Waals surface area contributed by atoms with Crippen LogP contribution in [-0.4, -0.2) is 18.2 Å². The molecular formula is C28H33ClN2O3S. The molecule has 7 heteroatoms. The summed E-state index contributed by atoms with van der Waals surface area (Å²) in [7, 11) is 0. The van der Waals surface area contributed by atoms with Gasteiger partial charge < -0.3 is 14.5 Å². The van der Waals surface area contributed by atoms with Crippen LogP contribution in [0.1, 0.15) is 73.2 Å². The van der Waals surface area contributed by atoms with Gasteiger partial charge in [0.25, 0.3) is 5.91 Å². The van der Waals surface area contributed by atoms with Crippen molar-refractivity contribution in [1.82, 2.24) is 5.32 Å². The van der Waals surface area contributed by atoms with Crippen molar-refractivity contribution in [2.45, 2.75) is 66.5 Å². The van der Waals surface area contributed by atoms with E-state index in [4.69, 9.17) is 25.7 Å². The van der Waals surface area contributed by atoms with Crippen molar-refractivity contribution >= 4 is 40.1 Å². The number of furan rings is 1. The molecule has 0 spiro atoms. The fourth-order valence-electron chi connectivity index (χ4n) is 4.41. The highest BCUT2D eigenvalue weighted by molar-refractivity contribution is 7.16. The summed E-state index contributed by atoms with van der Waals surface area (Å²) in [5.74, 6) is 1.88. The molecule has 186 valence electrons. The summed E-state index contributed by atoms with van der Waals surface area (Å²) in [5.41, 5.74) is 2.81. The van der Waals surface area contributed by atoms with Gasteiger partial charge in [-0.25, -0.2) is 4.99 Å². The molecular weight excluding hydrogens is 480 g/mol. The first-order chi connectivity index (χ1) is 16.6. The molecule has 0 radical (unpaired) electrons. The van der Waals surface area contributed by atoms with Crippen molar-refractivity contribution in [2.24, 2.45) is 16.3 Å². The van der Waals surface area contributed by atoms with Gasteiger partial charge in [-0.1, -0.05) is 32.4 Å². The summed E-state index contributed by atoms with van der Waals surface area (Å²) in [6.07, 6.45) is 6.30. The molecule has 3 aromatic rings. The number of amides is 1. The second-order valence-electron chi connectivity index (χ2n) is 10.4. The third-order valence-electron chi connectivity index (χ3n) is 6.36. The van der Waals surface area contributed by atoms with E-state index in [2.05, 4.69) is 26.1 Å². The molecule has 1 aromatic carbocycles. The highest BCUT2D eigenvalue weighted by atomic mass is 35.5. The number of hydrogen-bond donors (Lipinski definition) is 1. The summed E-state index contributed by atoms with van der Waals surface area (Å²) in [6, 6.07) is 9.17. The maximum absolute atomic E-state index is 13.4. The van der Waals surface area contributed by atoms with E-state index in [0.29, 0.717) is 28.8 Å². The molecule has 5 nitrogen and oxygen atoms in total. The number of halogens is 1. The Morgan fingerprint density at radius 3 is 2.83 bits per heavy atom. The Morgan fingerprint density at radius 2 is 2.14 bits per heavy atom. The van der Waals surface area contributed by atoms with E-state index in [1.807, 2.05) is 38.1 Å². The van der Waals surface area contributed by atoms with E-state index in [9.17, 15) is 4.79 Å².